The molecule has 0 aliphatic heterocycles. The van der Waals surface area contributed by atoms with Gasteiger partial charge >= 0.3 is 10.1 Å². The van der Waals surface area contributed by atoms with Gasteiger partial charge < -0.3 is 13.8 Å². The maximum absolute atomic E-state index is 12.1. The lowest BCUT2D eigenvalue weighted by Gasteiger charge is -2.28. The predicted octanol–water partition coefficient (Wildman–Crippen LogP) is 2.19. The lowest BCUT2D eigenvalue weighted by atomic mass is 10.1. The van der Waals surface area contributed by atoms with Gasteiger partial charge in [0, 0.05) is 19.7 Å². The zero-order valence-corrected chi connectivity index (χ0v) is 14.9. The van der Waals surface area contributed by atoms with Crippen LogP contribution in [0.4, 0.5) is 0 Å². The van der Waals surface area contributed by atoms with Crippen molar-refractivity contribution in [3.8, 4) is 5.75 Å². The molecule has 0 saturated heterocycles. The van der Waals surface area contributed by atoms with Gasteiger partial charge in [0.15, 0.2) is 0 Å². The molecule has 23 heavy (non-hydrogen) atoms. The Morgan fingerprint density at radius 2 is 1.83 bits per heavy atom. The zero-order valence-electron chi connectivity index (χ0n) is 14.1. The third-order valence-electron chi connectivity index (χ3n) is 3.56. The summed E-state index contributed by atoms with van der Waals surface area (Å²) >= 11 is 0. The van der Waals surface area contributed by atoms with E-state index in [9.17, 15) is 13.2 Å². The molecular weight excluding hydrogens is 318 g/mol. The van der Waals surface area contributed by atoms with Crippen LogP contribution in [0.15, 0.2) is 24.3 Å². The van der Waals surface area contributed by atoms with Crippen LogP contribution in [0.2, 0.25) is 0 Å². The van der Waals surface area contributed by atoms with Gasteiger partial charge in [-0.05, 0) is 38.0 Å². The Labute approximate surface area is 138 Å². The van der Waals surface area contributed by atoms with E-state index in [2.05, 4.69) is 0 Å². The van der Waals surface area contributed by atoms with Crippen molar-refractivity contribution in [2.45, 2.75) is 39.8 Å². The summed E-state index contributed by atoms with van der Waals surface area (Å²) in [6.07, 6.45) is 0.839. The largest absolute Gasteiger partial charge is 0.382 e. The Hall–Kier alpha value is -1.60. The second-order valence-corrected chi connectivity index (χ2v) is 7.14. The van der Waals surface area contributed by atoms with E-state index in [4.69, 9.17) is 8.92 Å². The van der Waals surface area contributed by atoms with Crippen LogP contribution in [0.3, 0.4) is 0 Å². The van der Waals surface area contributed by atoms with Crippen LogP contribution in [0.5, 0.6) is 5.75 Å². The molecule has 0 aliphatic rings. The van der Waals surface area contributed by atoms with Gasteiger partial charge in [-0.15, -0.1) is 0 Å². The molecule has 0 aromatic heterocycles. The smallest absolute Gasteiger partial charge is 0.308 e. The lowest BCUT2D eigenvalue weighted by Crippen LogP contribution is -2.39. The van der Waals surface area contributed by atoms with Gasteiger partial charge in [0.05, 0.1) is 5.75 Å². The molecule has 0 radical (unpaired) electrons. The summed E-state index contributed by atoms with van der Waals surface area (Å²) in [5.41, 5.74) is 0.899. The van der Waals surface area contributed by atoms with Gasteiger partial charge in [-0.2, -0.15) is 8.42 Å². The van der Waals surface area contributed by atoms with E-state index in [0.717, 1.165) is 12.0 Å². The molecule has 1 atom stereocenters. The van der Waals surface area contributed by atoms with Gasteiger partial charge in [0.1, 0.15) is 12.4 Å². The van der Waals surface area contributed by atoms with Gasteiger partial charge in [-0.3, -0.25) is 4.79 Å². The number of nitrogens with zero attached hydrogens (tertiary/aromatic N) is 1. The van der Waals surface area contributed by atoms with E-state index < -0.39 is 10.1 Å². The maximum Gasteiger partial charge on any atom is 0.308 e. The SMILES string of the molecule is CCC(C)N(Cc1ccc(OS(=O)(=O)CC)cc1)C(=O)COC. The highest BCUT2D eigenvalue weighted by Gasteiger charge is 2.19. The number of ether oxygens (including phenoxy) is 1. The summed E-state index contributed by atoms with van der Waals surface area (Å²) in [4.78, 5) is 13.9. The fourth-order valence-corrected chi connectivity index (χ4v) is 2.49. The standard InChI is InChI=1S/C16H25NO5S/c1-5-13(3)17(16(18)12-21-4)11-14-7-9-15(10-8-14)22-23(19,20)6-2/h7-10,13H,5-6,11-12H2,1-4H3. The minimum Gasteiger partial charge on any atom is -0.382 e. The molecule has 0 aliphatic carbocycles. The first-order valence-corrected chi connectivity index (χ1v) is 9.20. The van der Waals surface area contributed by atoms with E-state index in [1.807, 2.05) is 13.8 Å². The molecule has 0 spiro atoms. The van der Waals surface area contributed by atoms with Crippen LogP contribution in [0.25, 0.3) is 0 Å². The van der Waals surface area contributed by atoms with Gasteiger partial charge in [-0.1, -0.05) is 19.1 Å². The Morgan fingerprint density at radius 1 is 1.22 bits per heavy atom. The summed E-state index contributed by atoms with van der Waals surface area (Å²) in [6.45, 7) is 6.01. The molecule has 130 valence electrons. The van der Waals surface area contributed by atoms with Gasteiger partial charge in [-0.25, -0.2) is 0 Å². The summed E-state index contributed by atoms with van der Waals surface area (Å²) < 4.78 is 32.7. The Balaban J connectivity index is 2.83. The molecule has 7 heteroatoms. The van der Waals surface area contributed by atoms with E-state index in [-0.39, 0.29) is 30.1 Å². The molecule has 0 saturated carbocycles. The second kappa shape index (κ2) is 8.88. The normalized spacial score (nSPS) is 12.7. The van der Waals surface area contributed by atoms with Gasteiger partial charge in [0.25, 0.3) is 0 Å². The summed E-state index contributed by atoms with van der Waals surface area (Å²) in [6, 6.07) is 6.80. The first-order valence-electron chi connectivity index (χ1n) is 7.62. The Kier molecular flexibility index (Phi) is 7.51. The van der Waals surface area contributed by atoms with Crippen molar-refractivity contribution >= 4 is 16.0 Å². The molecule has 1 unspecified atom stereocenters. The molecule has 1 aromatic carbocycles. The zero-order chi connectivity index (χ0) is 17.5. The second-order valence-electron chi connectivity index (χ2n) is 5.29. The summed E-state index contributed by atoms with van der Waals surface area (Å²) in [5, 5.41) is 0. The molecule has 1 rings (SSSR count). The number of benzene rings is 1. The van der Waals surface area contributed by atoms with E-state index in [0.29, 0.717) is 6.54 Å². The van der Waals surface area contributed by atoms with Crippen molar-refractivity contribution in [1.29, 1.82) is 0 Å². The van der Waals surface area contributed by atoms with Crippen LogP contribution < -0.4 is 4.18 Å². The van der Waals surface area contributed by atoms with E-state index in [1.54, 1.807) is 29.2 Å². The molecule has 0 N–H and O–H groups in total. The molecular formula is C16H25NO5S. The number of hydrogen-bond acceptors (Lipinski definition) is 5. The number of amides is 1. The highest BCUT2D eigenvalue weighted by Crippen LogP contribution is 2.17. The number of rotatable bonds is 9. The quantitative estimate of drug-likeness (QED) is 0.643. The van der Waals surface area contributed by atoms with E-state index >= 15 is 0 Å². The van der Waals surface area contributed by atoms with Crippen molar-refractivity contribution in [2.75, 3.05) is 19.5 Å². The Morgan fingerprint density at radius 3 is 2.30 bits per heavy atom. The fraction of sp³-hybridized carbons (Fsp3) is 0.562. The first-order chi connectivity index (χ1) is 10.8. The van der Waals surface area contributed by atoms with Gasteiger partial charge in [0.2, 0.25) is 5.91 Å². The maximum atomic E-state index is 12.1. The highest BCUT2D eigenvalue weighted by molar-refractivity contribution is 7.87. The first kappa shape index (κ1) is 19.4. The van der Waals surface area contributed by atoms with Crippen molar-refractivity contribution in [1.82, 2.24) is 4.90 Å². The molecule has 0 heterocycles. The molecule has 6 nitrogen and oxygen atoms in total. The third-order valence-corrected chi connectivity index (χ3v) is 4.72. The topological polar surface area (TPSA) is 72.9 Å². The van der Waals surface area contributed by atoms with Crippen LogP contribution in [-0.4, -0.2) is 44.7 Å². The van der Waals surface area contributed by atoms with E-state index in [1.165, 1.54) is 14.0 Å². The van der Waals surface area contributed by atoms with Crippen LogP contribution in [-0.2, 0) is 26.2 Å². The van der Waals surface area contributed by atoms with Crippen molar-refractivity contribution in [3.63, 3.8) is 0 Å². The number of hydrogen-bond donors (Lipinski definition) is 0. The number of carbonyl (C=O) groups excluding carboxylic acids is 1. The fourth-order valence-electron chi connectivity index (χ4n) is 1.97. The highest BCUT2D eigenvalue weighted by atomic mass is 32.2. The van der Waals surface area contributed by atoms with Crippen LogP contribution in [0, 0.1) is 0 Å². The molecule has 0 bridgehead atoms. The molecule has 1 amide bonds. The minimum absolute atomic E-state index is 0.0419. The summed E-state index contributed by atoms with van der Waals surface area (Å²) in [5.74, 6) is 0.117. The van der Waals surface area contributed by atoms with Crippen molar-refractivity contribution in [3.05, 3.63) is 29.8 Å². The minimum atomic E-state index is -3.53. The van der Waals surface area contributed by atoms with Crippen molar-refractivity contribution < 1.29 is 22.1 Å². The number of methoxy groups -OCH3 is 1. The van der Waals surface area contributed by atoms with Crippen LogP contribution >= 0.6 is 0 Å². The number of carbonyl (C=O) groups is 1. The average molecular weight is 343 g/mol. The average Bonchev–Trinajstić information content (AvgIpc) is 2.53. The Bertz CT molecular complexity index is 597. The third kappa shape index (κ3) is 6.19. The van der Waals surface area contributed by atoms with Crippen LogP contribution in [0.1, 0.15) is 32.8 Å². The molecule has 0 fully saturated rings. The lowest BCUT2D eigenvalue weighted by molar-refractivity contribution is -0.138. The predicted molar refractivity (Wildman–Crippen MR) is 88.7 cm³/mol. The monoisotopic (exact) mass is 343 g/mol. The van der Waals surface area contributed by atoms with Crippen molar-refractivity contribution in [2.24, 2.45) is 0 Å². The molecule has 1 aromatic rings. The summed E-state index contributed by atoms with van der Waals surface area (Å²) in [7, 11) is -2.03.